The van der Waals surface area contributed by atoms with Crippen LogP contribution in [0.1, 0.15) is 15.9 Å². The second kappa shape index (κ2) is 4.33. The zero-order valence-corrected chi connectivity index (χ0v) is 8.67. The number of benzene rings is 1. The molecule has 0 heterocycles. The SMILES string of the molecule is Cc1cc(F)ccc1C(=O)CN(C)C. The minimum atomic E-state index is -0.302. The second-order valence-electron chi connectivity index (χ2n) is 3.62. The van der Waals surface area contributed by atoms with E-state index in [9.17, 15) is 9.18 Å². The third kappa shape index (κ3) is 2.64. The number of halogens is 1. The van der Waals surface area contributed by atoms with Crippen LogP contribution in [-0.2, 0) is 0 Å². The predicted octanol–water partition coefficient (Wildman–Crippen LogP) is 1.88. The summed E-state index contributed by atoms with van der Waals surface area (Å²) in [4.78, 5) is 13.4. The highest BCUT2D eigenvalue weighted by Gasteiger charge is 2.09. The number of hydrogen-bond donors (Lipinski definition) is 0. The maximum Gasteiger partial charge on any atom is 0.177 e. The van der Waals surface area contributed by atoms with Gasteiger partial charge in [0, 0.05) is 5.56 Å². The molecule has 0 bridgehead atoms. The fraction of sp³-hybridized carbons (Fsp3) is 0.364. The van der Waals surface area contributed by atoms with E-state index in [-0.39, 0.29) is 11.6 Å². The third-order valence-electron chi connectivity index (χ3n) is 1.95. The zero-order chi connectivity index (χ0) is 10.7. The maximum atomic E-state index is 12.8. The van der Waals surface area contributed by atoms with Crippen molar-refractivity contribution < 1.29 is 9.18 Å². The Balaban J connectivity index is 2.90. The fourth-order valence-electron chi connectivity index (χ4n) is 1.31. The number of aryl methyl sites for hydroxylation is 1. The van der Waals surface area contributed by atoms with E-state index in [1.165, 1.54) is 18.2 Å². The molecule has 0 aliphatic heterocycles. The molecule has 0 saturated carbocycles. The van der Waals surface area contributed by atoms with Gasteiger partial charge in [-0.05, 0) is 44.8 Å². The van der Waals surface area contributed by atoms with Crippen LogP contribution in [0.2, 0.25) is 0 Å². The van der Waals surface area contributed by atoms with E-state index in [1.54, 1.807) is 11.8 Å². The zero-order valence-electron chi connectivity index (χ0n) is 8.67. The number of nitrogens with zero attached hydrogens (tertiary/aromatic N) is 1. The number of carbonyl (C=O) groups is 1. The van der Waals surface area contributed by atoms with Gasteiger partial charge in [0.1, 0.15) is 5.82 Å². The number of rotatable bonds is 3. The average Bonchev–Trinajstić information content (AvgIpc) is 2.01. The van der Waals surface area contributed by atoms with Crippen molar-refractivity contribution in [3.63, 3.8) is 0 Å². The Morgan fingerprint density at radius 2 is 2.07 bits per heavy atom. The van der Waals surface area contributed by atoms with Crippen molar-refractivity contribution in [1.82, 2.24) is 4.90 Å². The summed E-state index contributed by atoms with van der Waals surface area (Å²) in [6.07, 6.45) is 0. The smallest absolute Gasteiger partial charge is 0.177 e. The molecule has 0 atom stereocenters. The molecule has 0 radical (unpaired) electrons. The van der Waals surface area contributed by atoms with Crippen molar-refractivity contribution in [1.29, 1.82) is 0 Å². The van der Waals surface area contributed by atoms with Crippen molar-refractivity contribution in [2.75, 3.05) is 20.6 Å². The molecule has 0 unspecified atom stereocenters. The molecular weight excluding hydrogens is 181 g/mol. The van der Waals surface area contributed by atoms with Gasteiger partial charge in [-0.2, -0.15) is 0 Å². The minimum absolute atomic E-state index is 0.0208. The molecule has 1 aromatic carbocycles. The van der Waals surface area contributed by atoms with Crippen molar-refractivity contribution >= 4 is 5.78 Å². The van der Waals surface area contributed by atoms with E-state index >= 15 is 0 Å². The highest BCUT2D eigenvalue weighted by molar-refractivity contribution is 5.98. The standard InChI is InChI=1S/C11H14FNO/c1-8-6-9(12)4-5-10(8)11(14)7-13(2)3/h4-6H,7H2,1-3H3. The van der Waals surface area contributed by atoms with Crippen molar-refractivity contribution in [2.45, 2.75) is 6.92 Å². The highest BCUT2D eigenvalue weighted by atomic mass is 19.1. The Bertz CT molecular complexity index is 347. The normalized spacial score (nSPS) is 10.6. The van der Waals surface area contributed by atoms with Gasteiger partial charge in [0.25, 0.3) is 0 Å². The summed E-state index contributed by atoms with van der Waals surface area (Å²) in [6, 6.07) is 4.23. The first kappa shape index (κ1) is 10.9. The summed E-state index contributed by atoms with van der Waals surface area (Å²) in [7, 11) is 3.66. The van der Waals surface area contributed by atoms with Gasteiger partial charge in [-0.15, -0.1) is 0 Å². The highest BCUT2D eigenvalue weighted by Crippen LogP contribution is 2.10. The summed E-state index contributed by atoms with van der Waals surface area (Å²) in [5.41, 5.74) is 1.29. The van der Waals surface area contributed by atoms with Gasteiger partial charge in [-0.1, -0.05) is 0 Å². The molecule has 0 aliphatic carbocycles. The lowest BCUT2D eigenvalue weighted by Crippen LogP contribution is -2.22. The van der Waals surface area contributed by atoms with Crippen LogP contribution in [0.25, 0.3) is 0 Å². The van der Waals surface area contributed by atoms with Gasteiger partial charge in [-0.25, -0.2) is 4.39 Å². The van der Waals surface area contributed by atoms with E-state index in [0.717, 1.165) is 0 Å². The van der Waals surface area contributed by atoms with E-state index < -0.39 is 0 Å². The van der Waals surface area contributed by atoms with Crippen LogP contribution in [0.3, 0.4) is 0 Å². The minimum Gasteiger partial charge on any atom is -0.302 e. The second-order valence-corrected chi connectivity index (χ2v) is 3.62. The fourth-order valence-corrected chi connectivity index (χ4v) is 1.31. The molecule has 76 valence electrons. The largest absolute Gasteiger partial charge is 0.302 e. The molecular formula is C11H14FNO. The van der Waals surface area contributed by atoms with E-state index in [2.05, 4.69) is 0 Å². The Hall–Kier alpha value is -1.22. The Kier molecular flexibility index (Phi) is 3.36. The van der Waals surface area contributed by atoms with Crippen molar-refractivity contribution in [3.05, 3.63) is 35.1 Å². The number of ketones is 1. The molecule has 0 N–H and O–H groups in total. The molecule has 3 heteroatoms. The summed E-state index contributed by atoms with van der Waals surface area (Å²) >= 11 is 0. The van der Waals surface area contributed by atoms with Crippen LogP contribution in [0.5, 0.6) is 0 Å². The lowest BCUT2D eigenvalue weighted by atomic mass is 10.0. The molecule has 0 spiro atoms. The molecule has 0 aromatic heterocycles. The number of carbonyl (C=O) groups excluding carboxylic acids is 1. The van der Waals surface area contributed by atoms with Crippen LogP contribution in [-0.4, -0.2) is 31.3 Å². The van der Waals surface area contributed by atoms with Crippen molar-refractivity contribution in [3.8, 4) is 0 Å². The van der Waals surface area contributed by atoms with Crippen LogP contribution < -0.4 is 0 Å². The summed E-state index contributed by atoms with van der Waals surface area (Å²) in [5, 5.41) is 0. The summed E-state index contributed by atoms with van der Waals surface area (Å²) in [6.45, 7) is 2.10. The monoisotopic (exact) mass is 195 g/mol. The topological polar surface area (TPSA) is 20.3 Å². The van der Waals surface area contributed by atoms with Gasteiger partial charge in [0.05, 0.1) is 6.54 Å². The summed E-state index contributed by atoms with van der Waals surface area (Å²) in [5.74, 6) is -0.281. The average molecular weight is 195 g/mol. The first-order chi connectivity index (χ1) is 6.50. The molecule has 1 aromatic rings. The number of Topliss-reactive ketones (excluding diaryl/α,β-unsaturated/α-hetero) is 1. The van der Waals surface area contributed by atoms with Crippen LogP contribution in [0.4, 0.5) is 4.39 Å². The first-order valence-corrected chi connectivity index (χ1v) is 4.45. The van der Waals surface area contributed by atoms with Crippen LogP contribution >= 0.6 is 0 Å². The number of hydrogen-bond acceptors (Lipinski definition) is 2. The van der Waals surface area contributed by atoms with Gasteiger partial charge >= 0.3 is 0 Å². The number of likely N-dealkylation sites (N-methyl/N-ethyl adjacent to an activating group) is 1. The molecule has 14 heavy (non-hydrogen) atoms. The van der Waals surface area contributed by atoms with Gasteiger partial charge in [0.15, 0.2) is 5.78 Å². The van der Waals surface area contributed by atoms with Gasteiger partial charge in [-0.3, -0.25) is 4.79 Å². The molecule has 0 amide bonds. The van der Waals surface area contributed by atoms with E-state index in [4.69, 9.17) is 0 Å². The Labute approximate surface area is 83.3 Å². The quantitative estimate of drug-likeness (QED) is 0.686. The molecule has 2 nitrogen and oxygen atoms in total. The molecule has 0 fully saturated rings. The molecule has 0 aliphatic rings. The summed E-state index contributed by atoms with van der Waals surface area (Å²) < 4.78 is 12.8. The van der Waals surface area contributed by atoms with Crippen LogP contribution in [0, 0.1) is 12.7 Å². The Morgan fingerprint density at radius 3 is 2.57 bits per heavy atom. The van der Waals surface area contributed by atoms with Gasteiger partial charge in [0.2, 0.25) is 0 Å². The van der Waals surface area contributed by atoms with E-state index in [0.29, 0.717) is 17.7 Å². The maximum absolute atomic E-state index is 12.8. The van der Waals surface area contributed by atoms with Gasteiger partial charge < -0.3 is 4.90 Å². The predicted molar refractivity (Wildman–Crippen MR) is 54.0 cm³/mol. The van der Waals surface area contributed by atoms with Crippen molar-refractivity contribution in [2.24, 2.45) is 0 Å². The third-order valence-corrected chi connectivity index (χ3v) is 1.95. The molecule has 0 saturated heterocycles. The Morgan fingerprint density at radius 1 is 1.43 bits per heavy atom. The first-order valence-electron chi connectivity index (χ1n) is 4.45. The van der Waals surface area contributed by atoms with E-state index in [1.807, 2.05) is 14.1 Å². The lowest BCUT2D eigenvalue weighted by molar-refractivity contribution is 0.0957. The lowest BCUT2D eigenvalue weighted by Gasteiger charge is -2.09. The molecule has 1 rings (SSSR count). The van der Waals surface area contributed by atoms with Crippen LogP contribution in [0.15, 0.2) is 18.2 Å².